The van der Waals surface area contributed by atoms with E-state index in [0.29, 0.717) is 19.3 Å². The molecule has 0 fully saturated rings. The van der Waals surface area contributed by atoms with Crippen LogP contribution >= 0.6 is 0 Å². The van der Waals surface area contributed by atoms with Gasteiger partial charge in [-0.15, -0.1) is 0 Å². The molecule has 0 aliphatic carbocycles. The molecule has 0 aromatic heterocycles. The van der Waals surface area contributed by atoms with E-state index in [9.17, 15) is 9.18 Å². The lowest BCUT2D eigenvalue weighted by Crippen LogP contribution is -2.55. The second-order valence-corrected chi connectivity index (χ2v) is 5.07. The lowest BCUT2D eigenvalue weighted by atomic mass is 9.92. The van der Waals surface area contributed by atoms with E-state index < -0.39 is 5.54 Å². The van der Waals surface area contributed by atoms with Crippen molar-refractivity contribution in [1.29, 1.82) is 0 Å². The van der Waals surface area contributed by atoms with Crippen LogP contribution in [0.25, 0.3) is 0 Å². The van der Waals surface area contributed by atoms with Crippen molar-refractivity contribution in [2.24, 2.45) is 5.73 Å². The van der Waals surface area contributed by atoms with Gasteiger partial charge in [0.2, 0.25) is 5.91 Å². The summed E-state index contributed by atoms with van der Waals surface area (Å²) in [6, 6.07) is 6.28. The summed E-state index contributed by atoms with van der Waals surface area (Å²) in [5.74, 6) is -0.370. The highest BCUT2D eigenvalue weighted by Gasteiger charge is 2.30. The maximum Gasteiger partial charge on any atom is 0.240 e. The van der Waals surface area contributed by atoms with E-state index in [1.165, 1.54) is 12.1 Å². The second-order valence-electron chi connectivity index (χ2n) is 5.07. The van der Waals surface area contributed by atoms with Gasteiger partial charge in [-0.1, -0.05) is 26.0 Å². The number of hydrogen-bond donors (Lipinski definition) is 2. The Bertz CT molecular complexity index is 413. The van der Waals surface area contributed by atoms with Crippen LogP contribution in [0.15, 0.2) is 24.3 Å². The maximum atomic E-state index is 12.8. The molecule has 0 aliphatic rings. The summed E-state index contributed by atoms with van der Waals surface area (Å²) in [6.45, 7) is 5.74. The Hall–Kier alpha value is -1.42. The normalized spacial score (nSPS) is 13.1. The van der Waals surface area contributed by atoms with E-state index in [1.807, 2.05) is 20.8 Å². The monoisotopic (exact) mass is 266 g/mol. The van der Waals surface area contributed by atoms with E-state index in [2.05, 4.69) is 5.32 Å². The molecular weight excluding hydrogens is 243 g/mol. The van der Waals surface area contributed by atoms with E-state index in [1.54, 1.807) is 12.1 Å². The van der Waals surface area contributed by atoms with Crippen LogP contribution in [0.5, 0.6) is 0 Å². The molecule has 1 aromatic rings. The van der Waals surface area contributed by atoms with Gasteiger partial charge >= 0.3 is 0 Å². The zero-order valence-electron chi connectivity index (χ0n) is 11.9. The highest BCUT2D eigenvalue weighted by atomic mass is 19.1. The Kier molecular flexibility index (Phi) is 5.48. The van der Waals surface area contributed by atoms with Crippen LogP contribution in [-0.4, -0.2) is 17.5 Å². The molecule has 1 aromatic carbocycles. The summed E-state index contributed by atoms with van der Waals surface area (Å²) >= 11 is 0. The quantitative estimate of drug-likeness (QED) is 0.830. The fourth-order valence-electron chi connectivity index (χ4n) is 1.96. The summed E-state index contributed by atoms with van der Waals surface area (Å²) in [7, 11) is 0. The molecule has 1 rings (SSSR count). The number of carbonyl (C=O) groups is 1. The first-order chi connectivity index (χ1) is 8.91. The largest absolute Gasteiger partial charge is 0.352 e. The van der Waals surface area contributed by atoms with Crippen LogP contribution in [0.3, 0.4) is 0 Å². The number of hydrogen-bond acceptors (Lipinski definition) is 2. The predicted octanol–water partition coefficient (Wildman–Crippen LogP) is 2.39. The molecule has 0 spiro atoms. The second kappa shape index (κ2) is 6.66. The summed E-state index contributed by atoms with van der Waals surface area (Å²) in [5, 5.41) is 2.93. The number of halogens is 1. The van der Waals surface area contributed by atoms with Gasteiger partial charge in [0.05, 0.1) is 5.54 Å². The Morgan fingerprint density at radius 1 is 1.32 bits per heavy atom. The zero-order valence-corrected chi connectivity index (χ0v) is 11.9. The molecule has 1 unspecified atom stereocenters. The third kappa shape index (κ3) is 4.31. The minimum atomic E-state index is -0.795. The molecule has 3 N–H and O–H groups in total. The molecule has 1 amide bonds. The van der Waals surface area contributed by atoms with Crippen molar-refractivity contribution in [3.8, 4) is 0 Å². The van der Waals surface area contributed by atoms with Gasteiger partial charge < -0.3 is 11.1 Å². The van der Waals surface area contributed by atoms with E-state index >= 15 is 0 Å². The number of benzene rings is 1. The lowest BCUT2D eigenvalue weighted by molar-refractivity contribution is -0.127. The molecule has 106 valence electrons. The van der Waals surface area contributed by atoms with E-state index in [-0.39, 0.29) is 17.8 Å². The average molecular weight is 266 g/mol. The fourth-order valence-corrected chi connectivity index (χ4v) is 1.96. The average Bonchev–Trinajstić information content (AvgIpc) is 2.40. The number of carbonyl (C=O) groups excluding carboxylic acids is 1. The molecule has 0 aliphatic heterocycles. The van der Waals surface area contributed by atoms with Crippen molar-refractivity contribution in [3.63, 3.8) is 0 Å². The standard InChI is InChI=1S/C15H23FN2O/c1-4-15(17,5-2)14(19)18-11(3)10-12-6-8-13(16)9-7-12/h6-9,11H,4-5,10,17H2,1-3H3,(H,18,19). The van der Waals surface area contributed by atoms with Gasteiger partial charge in [0.15, 0.2) is 0 Å². The molecule has 4 heteroatoms. The van der Waals surface area contributed by atoms with Crippen LogP contribution in [0.1, 0.15) is 39.2 Å². The first-order valence-corrected chi connectivity index (χ1v) is 6.75. The molecule has 0 heterocycles. The zero-order chi connectivity index (χ0) is 14.5. The number of nitrogens with one attached hydrogen (secondary N) is 1. The van der Waals surface area contributed by atoms with Crippen molar-refractivity contribution in [2.45, 2.75) is 51.6 Å². The van der Waals surface area contributed by atoms with Crippen LogP contribution in [0.4, 0.5) is 4.39 Å². The molecule has 0 saturated heterocycles. The van der Waals surface area contributed by atoms with Gasteiger partial charge in [-0.05, 0) is 43.9 Å². The first kappa shape index (κ1) is 15.6. The predicted molar refractivity (Wildman–Crippen MR) is 75.2 cm³/mol. The molecule has 0 saturated carbocycles. The van der Waals surface area contributed by atoms with Crippen LogP contribution in [0.2, 0.25) is 0 Å². The molecule has 0 radical (unpaired) electrons. The Morgan fingerprint density at radius 3 is 2.32 bits per heavy atom. The highest BCUT2D eigenvalue weighted by Crippen LogP contribution is 2.12. The SMILES string of the molecule is CCC(N)(CC)C(=O)NC(C)Cc1ccc(F)cc1. The van der Waals surface area contributed by atoms with Crippen molar-refractivity contribution < 1.29 is 9.18 Å². The summed E-state index contributed by atoms with van der Waals surface area (Å²) in [5.41, 5.74) is 6.24. The van der Waals surface area contributed by atoms with Crippen molar-refractivity contribution in [2.75, 3.05) is 0 Å². The van der Waals surface area contributed by atoms with Crippen molar-refractivity contribution in [3.05, 3.63) is 35.6 Å². The lowest BCUT2D eigenvalue weighted by Gasteiger charge is -2.27. The van der Waals surface area contributed by atoms with Gasteiger partial charge in [0.25, 0.3) is 0 Å². The topological polar surface area (TPSA) is 55.1 Å². The molecule has 19 heavy (non-hydrogen) atoms. The third-order valence-corrected chi connectivity index (χ3v) is 3.55. The number of rotatable bonds is 6. The Morgan fingerprint density at radius 2 is 1.84 bits per heavy atom. The van der Waals surface area contributed by atoms with Crippen molar-refractivity contribution in [1.82, 2.24) is 5.32 Å². The van der Waals surface area contributed by atoms with Gasteiger partial charge in [-0.2, -0.15) is 0 Å². The molecule has 3 nitrogen and oxygen atoms in total. The van der Waals surface area contributed by atoms with E-state index in [4.69, 9.17) is 5.73 Å². The maximum absolute atomic E-state index is 12.8. The van der Waals surface area contributed by atoms with Gasteiger partial charge in [0.1, 0.15) is 5.82 Å². The summed E-state index contributed by atoms with van der Waals surface area (Å²) in [4.78, 5) is 12.1. The summed E-state index contributed by atoms with van der Waals surface area (Å²) < 4.78 is 12.8. The molecular formula is C15H23FN2O. The van der Waals surface area contributed by atoms with Gasteiger partial charge in [-0.25, -0.2) is 4.39 Å². The minimum Gasteiger partial charge on any atom is -0.352 e. The number of amides is 1. The smallest absolute Gasteiger partial charge is 0.240 e. The third-order valence-electron chi connectivity index (χ3n) is 3.55. The van der Waals surface area contributed by atoms with Crippen molar-refractivity contribution >= 4 is 5.91 Å². The van der Waals surface area contributed by atoms with Gasteiger partial charge in [0, 0.05) is 6.04 Å². The Labute approximate surface area is 114 Å². The fraction of sp³-hybridized carbons (Fsp3) is 0.533. The molecule has 0 bridgehead atoms. The summed E-state index contributed by atoms with van der Waals surface area (Å²) in [6.07, 6.45) is 1.88. The van der Waals surface area contributed by atoms with Crippen LogP contribution in [0, 0.1) is 5.82 Å². The first-order valence-electron chi connectivity index (χ1n) is 6.75. The van der Waals surface area contributed by atoms with E-state index in [0.717, 1.165) is 5.56 Å². The Balaban J connectivity index is 2.58. The van der Waals surface area contributed by atoms with Crippen LogP contribution in [-0.2, 0) is 11.2 Å². The van der Waals surface area contributed by atoms with Gasteiger partial charge in [-0.3, -0.25) is 4.79 Å². The molecule has 1 atom stereocenters. The minimum absolute atomic E-state index is 0.0287. The highest BCUT2D eigenvalue weighted by molar-refractivity contribution is 5.86. The number of nitrogens with two attached hydrogens (primary N) is 1. The van der Waals surface area contributed by atoms with Crippen LogP contribution < -0.4 is 11.1 Å².